The second-order valence-electron chi connectivity index (χ2n) is 6.49. The molecule has 0 bridgehead atoms. The molecule has 0 unspecified atom stereocenters. The number of nitrogens with one attached hydrogen (secondary N) is 1. The van der Waals surface area contributed by atoms with Crippen molar-refractivity contribution in [3.8, 4) is 11.3 Å². The van der Waals surface area contributed by atoms with Crippen LogP contribution in [0.25, 0.3) is 16.9 Å². The van der Waals surface area contributed by atoms with Gasteiger partial charge in [0.2, 0.25) is 0 Å². The van der Waals surface area contributed by atoms with E-state index in [2.05, 4.69) is 12.2 Å². The third kappa shape index (κ3) is 3.16. The molecule has 0 atom stereocenters. The molecular formula is C22H19F2N3. The maximum atomic E-state index is 14.6. The molecule has 3 nitrogen and oxygen atoms in total. The molecule has 2 aromatic heterocycles. The van der Waals surface area contributed by atoms with Gasteiger partial charge in [0.1, 0.15) is 28.8 Å². The lowest BCUT2D eigenvalue weighted by Crippen LogP contribution is -2.02. The molecule has 136 valence electrons. The summed E-state index contributed by atoms with van der Waals surface area (Å²) in [6.45, 7) is 3.98. The van der Waals surface area contributed by atoms with Gasteiger partial charge in [0.15, 0.2) is 0 Å². The van der Waals surface area contributed by atoms with Gasteiger partial charge in [-0.2, -0.15) is 0 Å². The third-order valence-corrected chi connectivity index (χ3v) is 4.57. The number of benzene rings is 2. The van der Waals surface area contributed by atoms with Crippen LogP contribution in [0.15, 0.2) is 60.7 Å². The van der Waals surface area contributed by atoms with Gasteiger partial charge in [0.25, 0.3) is 0 Å². The third-order valence-electron chi connectivity index (χ3n) is 4.57. The van der Waals surface area contributed by atoms with Gasteiger partial charge in [-0.1, -0.05) is 24.6 Å². The van der Waals surface area contributed by atoms with E-state index in [1.54, 1.807) is 24.3 Å². The van der Waals surface area contributed by atoms with Crippen LogP contribution in [0.3, 0.4) is 0 Å². The predicted octanol–water partition coefficient (Wildman–Crippen LogP) is 5.89. The Morgan fingerprint density at radius 1 is 1.00 bits per heavy atom. The Kier molecular flexibility index (Phi) is 4.36. The molecule has 0 spiro atoms. The average molecular weight is 363 g/mol. The molecule has 0 radical (unpaired) electrons. The van der Waals surface area contributed by atoms with E-state index < -0.39 is 0 Å². The Balaban J connectivity index is 1.97. The molecule has 0 saturated heterocycles. The van der Waals surface area contributed by atoms with Gasteiger partial charge in [-0.3, -0.25) is 4.40 Å². The number of halogens is 2. The number of hydrogen-bond donors (Lipinski definition) is 1. The zero-order chi connectivity index (χ0) is 19.0. The molecule has 0 saturated carbocycles. The van der Waals surface area contributed by atoms with Crippen LogP contribution in [-0.4, -0.2) is 9.38 Å². The highest BCUT2D eigenvalue weighted by molar-refractivity contribution is 5.80. The number of anilines is 2. The van der Waals surface area contributed by atoms with Gasteiger partial charge < -0.3 is 5.32 Å². The molecule has 0 aliphatic carbocycles. The van der Waals surface area contributed by atoms with Gasteiger partial charge in [0.05, 0.1) is 0 Å². The summed E-state index contributed by atoms with van der Waals surface area (Å²) in [5.41, 5.74) is 4.40. The smallest absolute Gasteiger partial charge is 0.143 e. The first-order valence-corrected chi connectivity index (χ1v) is 8.86. The molecule has 5 heteroatoms. The molecule has 0 aliphatic rings. The predicted molar refractivity (Wildman–Crippen MR) is 104 cm³/mol. The van der Waals surface area contributed by atoms with E-state index in [1.807, 2.05) is 29.5 Å². The van der Waals surface area contributed by atoms with Crippen LogP contribution >= 0.6 is 0 Å². The zero-order valence-electron chi connectivity index (χ0n) is 15.1. The number of imidazole rings is 1. The standard InChI is InChI=1S/C22H19F2N3/c1-3-17-5-4-6-20-26-21(18-13-14(2)7-12-19(18)24)22(27(17)20)25-16-10-8-15(23)9-11-16/h4-13,25H,3H2,1-2H3. The van der Waals surface area contributed by atoms with Crippen molar-refractivity contribution in [3.05, 3.63) is 83.6 Å². The molecule has 2 heterocycles. The molecule has 0 aliphatic heterocycles. The molecule has 0 fully saturated rings. The maximum absolute atomic E-state index is 14.6. The van der Waals surface area contributed by atoms with Crippen molar-refractivity contribution in [3.63, 3.8) is 0 Å². The highest BCUT2D eigenvalue weighted by Gasteiger charge is 2.19. The number of rotatable bonds is 4. The minimum Gasteiger partial charge on any atom is -0.339 e. The van der Waals surface area contributed by atoms with Crippen LogP contribution in [0.2, 0.25) is 0 Å². The second-order valence-corrected chi connectivity index (χ2v) is 6.49. The monoisotopic (exact) mass is 363 g/mol. The maximum Gasteiger partial charge on any atom is 0.143 e. The Labute approximate surface area is 156 Å². The van der Waals surface area contributed by atoms with E-state index in [9.17, 15) is 8.78 Å². The lowest BCUT2D eigenvalue weighted by atomic mass is 10.1. The summed E-state index contributed by atoms with van der Waals surface area (Å²) in [6, 6.07) is 16.9. The fourth-order valence-electron chi connectivity index (χ4n) is 3.23. The first-order valence-electron chi connectivity index (χ1n) is 8.86. The fourth-order valence-corrected chi connectivity index (χ4v) is 3.23. The van der Waals surface area contributed by atoms with Gasteiger partial charge in [0, 0.05) is 16.9 Å². The number of aryl methyl sites for hydroxylation is 2. The summed E-state index contributed by atoms with van der Waals surface area (Å²) in [5, 5.41) is 3.31. The van der Waals surface area contributed by atoms with Gasteiger partial charge in [-0.15, -0.1) is 0 Å². The lowest BCUT2D eigenvalue weighted by molar-refractivity contribution is 0.628. The SMILES string of the molecule is CCc1cccc2nc(-c3cc(C)ccc3F)c(Nc3ccc(F)cc3)n12. The fraction of sp³-hybridized carbons (Fsp3) is 0.136. The summed E-state index contributed by atoms with van der Waals surface area (Å²) in [4.78, 5) is 4.69. The normalized spacial score (nSPS) is 11.1. The zero-order valence-corrected chi connectivity index (χ0v) is 15.1. The Morgan fingerprint density at radius 2 is 1.78 bits per heavy atom. The van der Waals surface area contributed by atoms with Crippen LogP contribution in [-0.2, 0) is 6.42 Å². The van der Waals surface area contributed by atoms with Crippen molar-refractivity contribution in [2.24, 2.45) is 0 Å². The van der Waals surface area contributed by atoms with Crippen molar-refractivity contribution >= 4 is 17.2 Å². The van der Waals surface area contributed by atoms with Gasteiger partial charge in [-0.05, 0) is 61.9 Å². The van der Waals surface area contributed by atoms with Gasteiger partial charge >= 0.3 is 0 Å². The largest absolute Gasteiger partial charge is 0.339 e. The number of aromatic nitrogens is 2. The summed E-state index contributed by atoms with van der Waals surface area (Å²) in [6.07, 6.45) is 0.793. The molecule has 4 rings (SSSR count). The Hall–Kier alpha value is -3.21. The lowest BCUT2D eigenvalue weighted by Gasteiger charge is -2.12. The van der Waals surface area contributed by atoms with Crippen LogP contribution in [0.4, 0.5) is 20.3 Å². The number of fused-ring (bicyclic) bond motifs is 1. The topological polar surface area (TPSA) is 29.3 Å². The number of nitrogens with zero attached hydrogens (tertiary/aromatic N) is 2. The van der Waals surface area contributed by atoms with Crippen molar-refractivity contribution < 1.29 is 8.78 Å². The van der Waals surface area contributed by atoms with E-state index in [0.717, 1.165) is 23.3 Å². The van der Waals surface area contributed by atoms with E-state index in [4.69, 9.17) is 4.98 Å². The van der Waals surface area contributed by atoms with Crippen LogP contribution < -0.4 is 5.32 Å². The molecular weight excluding hydrogens is 344 g/mol. The van der Waals surface area contributed by atoms with Crippen LogP contribution in [0, 0.1) is 18.6 Å². The van der Waals surface area contributed by atoms with Crippen LogP contribution in [0.5, 0.6) is 0 Å². The van der Waals surface area contributed by atoms with E-state index in [0.29, 0.717) is 22.8 Å². The quantitative estimate of drug-likeness (QED) is 0.489. The summed E-state index contributed by atoms with van der Waals surface area (Å²) >= 11 is 0. The highest BCUT2D eigenvalue weighted by atomic mass is 19.1. The second kappa shape index (κ2) is 6.83. The number of hydrogen-bond acceptors (Lipinski definition) is 2. The minimum absolute atomic E-state index is 0.308. The van der Waals surface area contributed by atoms with Crippen LogP contribution in [0.1, 0.15) is 18.2 Å². The molecule has 1 N–H and O–H groups in total. The highest BCUT2D eigenvalue weighted by Crippen LogP contribution is 2.34. The van der Waals surface area contributed by atoms with Crippen molar-refractivity contribution in [1.29, 1.82) is 0 Å². The summed E-state index contributed by atoms with van der Waals surface area (Å²) in [5.74, 6) is 0.0284. The van der Waals surface area contributed by atoms with E-state index >= 15 is 0 Å². The van der Waals surface area contributed by atoms with Gasteiger partial charge in [-0.25, -0.2) is 13.8 Å². The molecule has 2 aromatic carbocycles. The van der Waals surface area contributed by atoms with Crippen molar-refractivity contribution in [2.75, 3.05) is 5.32 Å². The van der Waals surface area contributed by atoms with Crippen molar-refractivity contribution in [1.82, 2.24) is 9.38 Å². The van der Waals surface area contributed by atoms with E-state index in [-0.39, 0.29) is 11.6 Å². The average Bonchev–Trinajstić information content (AvgIpc) is 3.04. The first kappa shape index (κ1) is 17.2. The molecule has 0 amide bonds. The Bertz CT molecular complexity index is 1110. The first-order chi connectivity index (χ1) is 13.1. The Morgan fingerprint density at radius 3 is 2.52 bits per heavy atom. The van der Waals surface area contributed by atoms with E-state index in [1.165, 1.54) is 18.2 Å². The molecule has 4 aromatic rings. The van der Waals surface area contributed by atoms with Crippen molar-refractivity contribution in [2.45, 2.75) is 20.3 Å². The minimum atomic E-state index is -0.329. The molecule has 27 heavy (non-hydrogen) atoms. The summed E-state index contributed by atoms with van der Waals surface area (Å²) in [7, 11) is 0. The number of pyridine rings is 1. The summed E-state index contributed by atoms with van der Waals surface area (Å²) < 4.78 is 29.9.